The summed E-state index contributed by atoms with van der Waals surface area (Å²) in [4.78, 5) is 77.0. The second-order valence-corrected chi connectivity index (χ2v) is 17.2. The van der Waals surface area contributed by atoms with E-state index in [1.807, 2.05) is 19.1 Å². The number of benzene rings is 2. The zero-order chi connectivity index (χ0) is 45.2. The van der Waals surface area contributed by atoms with Gasteiger partial charge in [-0.25, -0.2) is 4.98 Å². The third kappa shape index (κ3) is 13.7. The van der Waals surface area contributed by atoms with Crippen LogP contribution in [-0.4, -0.2) is 85.0 Å². The van der Waals surface area contributed by atoms with Crippen molar-refractivity contribution in [2.24, 2.45) is 29.0 Å². The highest BCUT2D eigenvalue weighted by Gasteiger charge is 2.36. The summed E-state index contributed by atoms with van der Waals surface area (Å²) in [5.74, 6) is -2.77. The molecule has 0 fully saturated rings. The van der Waals surface area contributed by atoms with E-state index in [4.69, 9.17) is 31.7 Å². The molecule has 0 aliphatic carbocycles. The molecule has 2 heterocycles. The smallest absolute Gasteiger partial charge is 0.226 e. The fourth-order valence-electron chi connectivity index (χ4n) is 7.83. The SMILES string of the molecule is CCCCCCCCc1nc(C)c(C(=O)C[C@@H](CCN)C(=O)N(C)[C@@H]2C(=O)C[C@@H](C)C(=O)N[C@H](C(=O)CCC#N)Cc3ccc(OCCN)c(c3)-c3cc2ccc3OCCN)s1. The van der Waals surface area contributed by atoms with Crippen molar-refractivity contribution >= 4 is 40.5 Å². The Morgan fingerprint density at radius 3 is 2.27 bits per heavy atom. The number of amides is 2. The Kier molecular flexibility index (Phi) is 20.2. The maximum Gasteiger partial charge on any atom is 0.226 e. The predicted octanol–water partition coefficient (Wildman–Crippen LogP) is 5.94. The summed E-state index contributed by atoms with van der Waals surface area (Å²) in [6.07, 6.45) is 7.53. The van der Waals surface area contributed by atoms with E-state index >= 15 is 0 Å². The lowest BCUT2D eigenvalue weighted by Gasteiger charge is -2.32. The number of likely N-dealkylation sites (N-methyl/N-ethyl adjacent to an activating group) is 1. The van der Waals surface area contributed by atoms with E-state index in [1.165, 1.54) is 49.0 Å². The maximum absolute atomic E-state index is 14.7. The number of carbonyl (C=O) groups excluding carboxylic acids is 5. The van der Waals surface area contributed by atoms with Crippen LogP contribution in [0.5, 0.6) is 11.5 Å². The van der Waals surface area contributed by atoms with Crippen LogP contribution in [0.2, 0.25) is 0 Å². The van der Waals surface area contributed by atoms with Gasteiger partial charge in [0.2, 0.25) is 11.8 Å². The van der Waals surface area contributed by atoms with Crippen molar-refractivity contribution in [2.75, 3.05) is 39.9 Å². The number of aryl methyl sites for hydroxylation is 2. The summed E-state index contributed by atoms with van der Waals surface area (Å²) in [5.41, 5.74) is 20.6. The quantitative estimate of drug-likeness (QED) is 0.0640. The van der Waals surface area contributed by atoms with Crippen LogP contribution in [0.25, 0.3) is 11.1 Å². The van der Waals surface area contributed by atoms with Crippen LogP contribution in [0.4, 0.5) is 0 Å². The topological polar surface area (TPSA) is 234 Å². The van der Waals surface area contributed by atoms with Crippen molar-refractivity contribution in [2.45, 2.75) is 116 Å². The second-order valence-electron chi connectivity index (χ2n) is 16.1. The van der Waals surface area contributed by atoms with Gasteiger partial charge < -0.3 is 36.9 Å². The van der Waals surface area contributed by atoms with Gasteiger partial charge in [0.15, 0.2) is 17.3 Å². The lowest BCUT2D eigenvalue weighted by molar-refractivity contribution is -0.142. The Morgan fingerprint density at radius 2 is 1.61 bits per heavy atom. The Labute approximate surface area is 370 Å². The Bertz CT molecular complexity index is 2050. The van der Waals surface area contributed by atoms with E-state index in [0.717, 1.165) is 24.3 Å². The first-order valence-electron chi connectivity index (χ1n) is 22.0. The van der Waals surface area contributed by atoms with Gasteiger partial charge in [0.25, 0.3) is 0 Å². The molecule has 0 saturated heterocycles. The normalized spacial score (nSPS) is 17.0. The van der Waals surface area contributed by atoms with Gasteiger partial charge in [0.05, 0.1) is 27.7 Å². The van der Waals surface area contributed by atoms with Crippen molar-refractivity contribution < 1.29 is 33.4 Å². The molecular formula is C47H65N7O7S. The number of ketones is 3. The number of fused-ring (bicyclic) bond motifs is 5. The number of rotatable bonds is 23. The standard InChI is InChI=1S/C47H65N7O7S/c1-5-6-7-8-9-10-13-43-52-31(3)45(62-43)40(57)29-34(18-20-49)47(59)54(4)44-33-15-17-42(61-24-22-51)36(28-33)35-26-32(14-16-41(35)60-23-21-50)27-37(38(55)12-11-19-48)53-46(58)30(2)25-39(44)56/h14-17,26,28,30,34,37,44H,5-13,18,20-25,27,29,49-51H2,1-4H3,(H,53,58)/t30-,34-,37+,44+/m1/s1. The number of aromatic nitrogens is 1. The summed E-state index contributed by atoms with van der Waals surface area (Å²) < 4.78 is 12.2. The monoisotopic (exact) mass is 871 g/mol. The lowest BCUT2D eigenvalue weighted by atomic mass is 9.88. The number of hydrogen-bond donors (Lipinski definition) is 4. The first-order chi connectivity index (χ1) is 29.9. The zero-order valence-electron chi connectivity index (χ0n) is 36.8. The molecular weight excluding hydrogens is 807 g/mol. The third-order valence-electron chi connectivity index (χ3n) is 11.2. The number of nitrogens with zero attached hydrogens (tertiary/aromatic N) is 3. The highest BCUT2D eigenvalue weighted by Crippen LogP contribution is 2.41. The molecule has 1 aromatic heterocycles. The lowest BCUT2D eigenvalue weighted by Crippen LogP contribution is -2.46. The Hall–Kier alpha value is -5.01. The number of carbonyl (C=O) groups is 5. The molecule has 2 amide bonds. The molecule has 0 spiro atoms. The molecule has 14 nitrogen and oxygen atoms in total. The van der Waals surface area contributed by atoms with Crippen LogP contribution in [0.3, 0.4) is 0 Å². The van der Waals surface area contributed by atoms with Gasteiger partial charge in [-0.15, -0.1) is 11.3 Å². The van der Waals surface area contributed by atoms with E-state index in [0.29, 0.717) is 44.3 Å². The van der Waals surface area contributed by atoms with Gasteiger partial charge in [-0.3, -0.25) is 24.0 Å². The van der Waals surface area contributed by atoms with Crippen molar-refractivity contribution in [3.8, 4) is 28.7 Å². The molecule has 1 aliphatic heterocycles. The molecule has 4 bridgehead atoms. The van der Waals surface area contributed by atoms with E-state index in [9.17, 15) is 29.2 Å². The number of nitrogens with two attached hydrogens (primary N) is 3. The van der Waals surface area contributed by atoms with Gasteiger partial charge in [0.1, 0.15) is 30.8 Å². The van der Waals surface area contributed by atoms with Crippen LogP contribution >= 0.6 is 11.3 Å². The number of ether oxygens (including phenoxy) is 2. The fourth-order valence-corrected chi connectivity index (χ4v) is 8.89. The number of nitriles is 1. The van der Waals surface area contributed by atoms with Gasteiger partial charge >= 0.3 is 0 Å². The average molecular weight is 872 g/mol. The molecule has 3 aromatic rings. The van der Waals surface area contributed by atoms with E-state index in [2.05, 4.69) is 12.2 Å². The third-order valence-corrected chi connectivity index (χ3v) is 12.4. The van der Waals surface area contributed by atoms with Gasteiger partial charge in [-0.05, 0) is 74.5 Å². The predicted molar refractivity (Wildman–Crippen MR) is 241 cm³/mol. The Morgan fingerprint density at radius 1 is 0.952 bits per heavy atom. The van der Waals surface area contributed by atoms with Crippen LogP contribution < -0.4 is 32.0 Å². The summed E-state index contributed by atoms with van der Waals surface area (Å²) >= 11 is 1.38. The zero-order valence-corrected chi connectivity index (χ0v) is 37.7. The number of Topliss-reactive ketones (excluding diaryl/α,β-unsaturated/α-hetero) is 3. The molecule has 0 radical (unpaired) electrons. The molecule has 0 unspecified atom stereocenters. The fraction of sp³-hybridized carbons (Fsp3) is 0.553. The van der Waals surface area contributed by atoms with Crippen LogP contribution in [0.15, 0.2) is 36.4 Å². The van der Waals surface area contributed by atoms with Crippen molar-refractivity contribution in [3.05, 3.63) is 63.1 Å². The molecule has 4 atom stereocenters. The molecule has 0 saturated carbocycles. The maximum atomic E-state index is 14.7. The van der Waals surface area contributed by atoms with E-state index in [1.54, 1.807) is 37.3 Å². The molecule has 4 rings (SSSR count). The van der Waals surface area contributed by atoms with Crippen LogP contribution in [0.1, 0.15) is 122 Å². The minimum Gasteiger partial charge on any atom is -0.492 e. The van der Waals surface area contributed by atoms with Crippen molar-refractivity contribution in [3.63, 3.8) is 0 Å². The number of thiazole rings is 1. The summed E-state index contributed by atoms with van der Waals surface area (Å²) in [7, 11) is 1.53. The molecule has 62 heavy (non-hydrogen) atoms. The minimum absolute atomic E-state index is 0.0199. The first kappa shape index (κ1) is 49.6. The van der Waals surface area contributed by atoms with Crippen molar-refractivity contribution in [1.82, 2.24) is 15.2 Å². The molecule has 1 aliphatic rings. The van der Waals surface area contributed by atoms with Crippen LogP contribution in [-0.2, 0) is 32.0 Å². The van der Waals surface area contributed by atoms with Gasteiger partial charge in [-0.1, -0.05) is 58.1 Å². The summed E-state index contributed by atoms with van der Waals surface area (Å²) in [6, 6.07) is 10.4. The first-order valence-corrected chi connectivity index (χ1v) is 22.8. The number of hydrogen-bond acceptors (Lipinski definition) is 13. The summed E-state index contributed by atoms with van der Waals surface area (Å²) in [6.45, 7) is 6.56. The number of nitrogens with one attached hydrogen (secondary N) is 1. The largest absolute Gasteiger partial charge is 0.492 e. The minimum atomic E-state index is -1.20. The average Bonchev–Trinajstić information content (AvgIpc) is 3.64. The highest BCUT2D eigenvalue weighted by atomic mass is 32.1. The highest BCUT2D eigenvalue weighted by molar-refractivity contribution is 7.13. The summed E-state index contributed by atoms with van der Waals surface area (Å²) in [5, 5.41) is 13.0. The molecule has 336 valence electrons. The van der Waals surface area contributed by atoms with Gasteiger partial charge in [0, 0.05) is 68.8 Å². The number of unbranched alkanes of at least 4 members (excludes halogenated alkanes) is 5. The van der Waals surface area contributed by atoms with Crippen LogP contribution in [0, 0.1) is 30.1 Å². The second kappa shape index (κ2) is 25.2. The Balaban J connectivity index is 1.77. The molecule has 2 aromatic carbocycles. The van der Waals surface area contributed by atoms with Gasteiger partial charge in [-0.2, -0.15) is 5.26 Å². The molecule has 7 N–H and O–H groups in total. The van der Waals surface area contributed by atoms with E-state index in [-0.39, 0.29) is 82.9 Å². The van der Waals surface area contributed by atoms with E-state index < -0.39 is 41.5 Å². The molecule has 15 heteroatoms. The van der Waals surface area contributed by atoms with Crippen molar-refractivity contribution in [1.29, 1.82) is 5.26 Å².